The molecule has 0 bridgehead atoms. The smallest absolute Gasteiger partial charge is 0.177 e. The normalized spacial score (nSPS) is 12.1. The summed E-state index contributed by atoms with van der Waals surface area (Å²) in [6.45, 7) is 6.46. The van der Waals surface area contributed by atoms with Crippen LogP contribution < -0.4 is 0 Å². The molecular formula is C8H13BrN2. The van der Waals surface area contributed by atoms with E-state index < -0.39 is 0 Å². The van der Waals surface area contributed by atoms with Gasteiger partial charge in [-0.05, 0) is 15.9 Å². The third-order valence-electron chi connectivity index (χ3n) is 1.59. The fraction of sp³-hybridized carbons (Fsp3) is 0.625. The Bertz CT molecular complexity index is 238. The predicted octanol–water partition coefficient (Wildman–Crippen LogP) is 2.48. The van der Waals surface area contributed by atoms with Crippen molar-refractivity contribution in [2.24, 2.45) is 7.05 Å². The van der Waals surface area contributed by atoms with Gasteiger partial charge in [0.15, 0.2) is 4.73 Å². The first-order valence-corrected chi connectivity index (χ1v) is 4.40. The Morgan fingerprint density at radius 1 is 1.45 bits per heavy atom. The second-order valence-corrected chi connectivity index (χ2v) is 4.47. The van der Waals surface area contributed by atoms with E-state index in [9.17, 15) is 0 Å². The van der Waals surface area contributed by atoms with Crippen molar-refractivity contribution in [2.45, 2.75) is 26.2 Å². The van der Waals surface area contributed by atoms with Crippen LogP contribution in [0.25, 0.3) is 0 Å². The first-order valence-electron chi connectivity index (χ1n) is 3.60. The summed E-state index contributed by atoms with van der Waals surface area (Å²) in [6, 6.07) is 0. The van der Waals surface area contributed by atoms with Crippen LogP contribution in [-0.4, -0.2) is 9.55 Å². The zero-order valence-corrected chi connectivity index (χ0v) is 8.94. The van der Waals surface area contributed by atoms with Crippen LogP contribution in [0.2, 0.25) is 0 Å². The SMILES string of the molecule is Cn1cc(C(C)(C)C)nc1Br. The van der Waals surface area contributed by atoms with E-state index in [4.69, 9.17) is 0 Å². The number of hydrogen-bond donors (Lipinski definition) is 0. The number of nitrogens with zero attached hydrogens (tertiary/aromatic N) is 2. The van der Waals surface area contributed by atoms with Crippen LogP contribution in [0.5, 0.6) is 0 Å². The Morgan fingerprint density at radius 2 is 2.00 bits per heavy atom. The fourth-order valence-corrected chi connectivity index (χ4v) is 1.10. The van der Waals surface area contributed by atoms with E-state index in [-0.39, 0.29) is 5.41 Å². The predicted molar refractivity (Wildman–Crippen MR) is 49.6 cm³/mol. The molecule has 3 heteroatoms. The second kappa shape index (κ2) is 2.63. The van der Waals surface area contributed by atoms with Gasteiger partial charge in [-0.25, -0.2) is 4.98 Å². The number of imidazole rings is 1. The summed E-state index contributed by atoms with van der Waals surface area (Å²) in [6.07, 6.45) is 2.05. The maximum absolute atomic E-state index is 4.36. The molecule has 0 amide bonds. The Hall–Kier alpha value is -0.310. The van der Waals surface area contributed by atoms with Crippen LogP contribution in [0.15, 0.2) is 10.9 Å². The molecule has 1 aromatic rings. The van der Waals surface area contributed by atoms with Crippen LogP contribution >= 0.6 is 15.9 Å². The summed E-state index contributed by atoms with van der Waals surface area (Å²) < 4.78 is 2.86. The molecule has 0 aromatic carbocycles. The van der Waals surface area contributed by atoms with Gasteiger partial charge in [0.25, 0.3) is 0 Å². The van der Waals surface area contributed by atoms with Crippen LogP contribution in [0, 0.1) is 0 Å². The highest BCUT2D eigenvalue weighted by Crippen LogP contribution is 2.22. The molecule has 0 aliphatic heterocycles. The van der Waals surface area contributed by atoms with Gasteiger partial charge in [0.05, 0.1) is 5.69 Å². The highest BCUT2D eigenvalue weighted by atomic mass is 79.9. The quantitative estimate of drug-likeness (QED) is 0.652. The molecule has 0 radical (unpaired) electrons. The molecule has 1 heterocycles. The third-order valence-corrected chi connectivity index (χ3v) is 2.32. The maximum Gasteiger partial charge on any atom is 0.177 e. The molecule has 0 aliphatic rings. The molecule has 0 saturated carbocycles. The highest BCUT2D eigenvalue weighted by Gasteiger charge is 2.17. The van der Waals surface area contributed by atoms with Crippen molar-refractivity contribution in [1.82, 2.24) is 9.55 Å². The van der Waals surface area contributed by atoms with E-state index in [0.717, 1.165) is 10.4 Å². The van der Waals surface area contributed by atoms with Gasteiger partial charge < -0.3 is 4.57 Å². The minimum Gasteiger partial charge on any atom is -0.328 e. The summed E-state index contributed by atoms with van der Waals surface area (Å²) >= 11 is 3.36. The van der Waals surface area contributed by atoms with Crippen molar-refractivity contribution >= 4 is 15.9 Å². The number of hydrogen-bond acceptors (Lipinski definition) is 1. The zero-order chi connectivity index (χ0) is 8.65. The van der Waals surface area contributed by atoms with E-state index >= 15 is 0 Å². The van der Waals surface area contributed by atoms with Crippen LogP contribution in [0.3, 0.4) is 0 Å². The summed E-state index contributed by atoms with van der Waals surface area (Å²) in [5, 5.41) is 0. The Balaban J connectivity index is 3.08. The van der Waals surface area contributed by atoms with E-state index in [1.54, 1.807) is 0 Å². The van der Waals surface area contributed by atoms with Gasteiger partial charge in [-0.15, -0.1) is 0 Å². The average molecular weight is 217 g/mol. The monoisotopic (exact) mass is 216 g/mol. The maximum atomic E-state index is 4.36. The van der Waals surface area contributed by atoms with Crippen LogP contribution in [0.4, 0.5) is 0 Å². The third kappa shape index (κ3) is 1.83. The standard InChI is InChI=1S/C8H13BrN2/c1-8(2,3)6-5-11(4)7(9)10-6/h5H,1-4H3. The van der Waals surface area contributed by atoms with Crippen molar-refractivity contribution in [3.05, 3.63) is 16.6 Å². The summed E-state index contributed by atoms with van der Waals surface area (Å²) in [4.78, 5) is 4.36. The molecule has 0 saturated heterocycles. The average Bonchev–Trinajstić information content (AvgIpc) is 2.11. The second-order valence-electron chi connectivity index (χ2n) is 3.76. The summed E-state index contributed by atoms with van der Waals surface area (Å²) in [7, 11) is 1.98. The number of halogens is 1. The molecule has 0 aliphatic carbocycles. The van der Waals surface area contributed by atoms with E-state index in [1.165, 1.54) is 0 Å². The summed E-state index contributed by atoms with van der Waals surface area (Å²) in [5.74, 6) is 0. The number of rotatable bonds is 0. The van der Waals surface area contributed by atoms with Gasteiger partial charge >= 0.3 is 0 Å². The van der Waals surface area contributed by atoms with Gasteiger partial charge in [-0.3, -0.25) is 0 Å². The first kappa shape index (κ1) is 8.78. The van der Waals surface area contributed by atoms with E-state index in [1.807, 2.05) is 17.8 Å². The van der Waals surface area contributed by atoms with Crippen molar-refractivity contribution in [3.63, 3.8) is 0 Å². The Morgan fingerprint density at radius 3 is 2.18 bits per heavy atom. The highest BCUT2D eigenvalue weighted by molar-refractivity contribution is 9.10. The number of aryl methyl sites for hydroxylation is 1. The molecule has 11 heavy (non-hydrogen) atoms. The largest absolute Gasteiger partial charge is 0.328 e. The molecule has 62 valence electrons. The van der Waals surface area contributed by atoms with Gasteiger partial charge in [-0.2, -0.15) is 0 Å². The molecule has 0 unspecified atom stereocenters. The molecule has 0 spiro atoms. The van der Waals surface area contributed by atoms with E-state index in [2.05, 4.69) is 41.7 Å². The van der Waals surface area contributed by atoms with Crippen LogP contribution in [0.1, 0.15) is 26.5 Å². The lowest BCUT2D eigenvalue weighted by Crippen LogP contribution is -2.11. The zero-order valence-electron chi connectivity index (χ0n) is 7.35. The lowest BCUT2D eigenvalue weighted by Gasteiger charge is -2.13. The molecular weight excluding hydrogens is 204 g/mol. The van der Waals surface area contributed by atoms with Gasteiger partial charge in [0, 0.05) is 18.7 Å². The van der Waals surface area contributed by atoms with E-state index in [0.29, 0.717) is 0 Å². The minimum atomic E-state index is 0.143. The Labute approximate surface area is 75.8 Å². The van der Waals surface area contributed by atoms with Crippen molar-refractivity contribution in [1.29, 1.82) is 0 Å². The lowest BCUT2D eigenvalue weighted by atomic mass is 9.93. The molecule has 2 nitrogen and oxygen atoms in total. The van der Waals surface area contributed by atoms with Crippen molar-refractivity contribution < 1.29 is 0 Å². The lowest BCUT2D eigenvalue weighted by molar-refractivity contribution is 0.571. The van der Waals surface area contributed by atoms with Crippen LogP contribution in [-0.2, 0) is 12.5 Å². The topological polar surface area (TPSA) is 17.8 Å². The molecule has 0 atom stereocenters. The van der Waals surface area contributed by atoms with Gasteiger partial charge in [-0.1, -0.05) is 20.8 Å². The fourth-order valence-electron chi connectivity index (χ4n) is 0.805. The minimum absolute atomic E-state index is 0.143. The van der Waals surface area contributed by atoms with Gasteiger partial charge in [0.1, 0.15) is 0 Å². The summed E-state index contributed by atoms with van der Waals surface area (Å²) in [5.41, 5.74) is 1.26. The van der Waals surface area contributed by atoms with Gasteiger partial charge in [0.2, 0.25) is 0 Å². The van der Waals surface area contributed by atoms with Crippen molar-refractivity contribution in [2.75, 3.05) is 0 Å². The van der Waals surface area contributed by atoms with Crippen molar-refractivity contribution in [3.8, 4) is 0 Å². The molecule has 1 rings (SSSR count). The molecule has 1 aromatic heterocycles. The molecule has 0 N–H and O–H groups in total. The number of aromatic nitrogens is 2. The first-order chi connectivity index (χ1) is 4.91. The Kier molecular flexibility index (Phi) is 2.10. The molecule has 0 fully saturated rings.